The van der Waals surface area contributed by atoms with Gasteiger partial charge in [-0.1, -0.05) is 15.9 Å². The molecule has 0 unspecified atom stereocenters. The van der Waals surface area contributed by atoms with Crippen molar-refractivity contribution in [3.8, 4) is 10.1 Å². The highest BCUT2D eigenvalue weighted by atomic mass is 79.9. The van der Waals surface area contributed by atoms with Crippen LogP contribution in [0.25, 0.3) is 0 Å². The van der Waals surface area contributed by atoms with Crippen LogP contribution in [-0.2, 0) is 9.84 Å². The number of rotatable bonds is 2. The first kappa shape index (κ1) is 9.47. The predicted octanol–water partition coefficient (Wildman–Crippen LogP) is 1.11. The van der Waals surface area contributed by atoms with Gasteiger partial charge in [0.1, 0.15) is 0 Å². The Labute approximate surface area is 71.2 Å². The zero-order chi connectivity index (χ0) is 7.33. The Hall–Kier alpha value is 0.470. The highest BCUT2D eigenvalue weighted by molar-refractivity contribution is 9.12. The highest BCUT2D eigenvalue weighted by Gasteiger charge is 2.02. The Morgan fingerprint density at radius 2 is 2.00 bits per heavy atom. The molecule has 0 atom stereocenters. The lowest BCUT2D eigenvalue weighted by Gasteiger charge is -1.86. The van der Waals surface area contributed by atoms with Gasteiger partial charge in [-0.05, 0) is 4.83 Å². The fraction of sp³-hybridized carbons (Fsp3) is 0.500. The van der Waals surface area contributed by atoms with Gasteiger partial charge >= 0.3 is 0 Å². The van der Waals surface area contributed by atoms with Gasteiger partial charge in [0.05, 0.1) is 5.75 Å². The van der Waals surface area contributed by atoms with Crippen molar-refractivity contribution >= 4 is 41.7 Å². The first-order valence-corrected chi connectivity index (χ1v) is 5.60. The van der Waals surface area contributed by atoms with Crippen LogP contribution < -0.4 is 0 Å². The summed E-state index contributed by atoms with van der Waals surface area (Å²) in [7, 11) is -3.14. The van der Waals surface area contributed by atoms with E-state index in [0.717, 1.165) is 0 Å². The molecule has 0 rings (SSSR count). The van der Waals surface area contributed by atoms with E-state index in [-0.39, 0.29) is 5.75 Å². The topological polar surface area (TPSA) is 34.1 Å². The lowest BCUT2D eigenvalue weighted by molar-refractivity contribution is 0.607. The average Bonchev–Trinajstić information content (AvgIpc) is 1.64. The van der Waals surface area contributed by atoms with Gasteiger partial charge in [0, 0.05) is 26.5 Å². The van der Waals surface area contributed by atoms with E-state index in [1.165, 1.54) is 0 Å². The van der Waals surface area contributed by atoms with Crippen LogP contribution in [0.2, 0.25) is 0 Å². The van der Waals surface area contributed by atoms with Crippen LogP contribution in [0.15, 0.2) is 0 Å². The van der Waals surface area contributed by atoms with Gasteiger partial charge in [-0.2, -0.15) is 0 Å². The maximum absolute atomic E-state index is 10.6. The zero-order valence-corrected chi connectivity index (χ0v) is 8.38. The molecule has 9 heavy (non-hydrogen) atoms. The van der Waals surface area contributed by atoms with E-state index in [1.807, 2.05) is 5.25 Å². The molecule has 0 bridgehead atoms. The summed E-state index contributed by atoms with van der Waals surface area (Å²) >= 11 is 5.69. The third kappa shape index (κ3) is 4.94. The Morgan fingerprint density at radius 3 is 2.33 bits per heavy atom. The number of sulfone groups is 1. The standard InChI is InChI=1S/C4H4Br2O2S/c5-1-3-9(7,8)4-2-6/h1,3H2. The normalized spacial score (nSPS) is 10.0. The van der Waals surface area contributed by atoms with Crippen LogP contribution in [0.3, 0.4) is 0 Å². The molecular weight excluding hydrogens is 272 g/mol. The highest BCUT2D eigenvalue weighted by Crippen LogP contribution is 1.90. The molecule has 5 heteroatoms. The summed E-state index contributed by atoms with van der Waals surface area (Å²) < 4.78 is 21.2. The molecular formula is C4H4Br2O2S. The second-order valence-corrected chi connectivity index (χ2v) is 4.24. The van der Waals surface area contributed by atoms with E-state index in [9.17, 15) is 8.42 Å². The molecule has 2 nitrogen and oxygen atoms in total. The second kappa shape index (κ2) is 4.31. The summed E-state index contributed by atoms with van der Waals surface area (Å²) in [6.07, 6.45) is 0. The maximum Gasteiger partial charge on any atom is 0.218 e. The van der Waals surface area contributed by atoms with E-state index in [1.54, 1.807) is 0 Å². The molecule has 0 N–H and O–H groups in total. The molecule has 0 aromatic rings. The van der Waals surface area contributed by atoms with Crippen LogP contribution in [0, 0.1) is 10.1 Å². The summed E-state index contributed by atoms with van der Waals surface area (Å²) in [5, 5.41) is 2.46. The van der Waals surface area contributed by atoms with E-state index < -0.39 is 9.84 Å². The van der Waals surface area contributed by atoms with E-state index in [2.05, 4.69) is 36.7 Å². The van der Waals surface area contributed by atoms with Crippen molar-refractivity contribution in [2.24, 2.45) is 0 Å². The Morgan fingerprint density at radius 1 is 1.44 bits per heavy atom. The van der Waals surface area contributed by atoms with Crippen LogP contribution in [0.5, 0.6) is 0 Å². The summed E-state index contributed by atoms with van der Waals surface area (Å²) in [5.41, 5.74) is 0. The number of alkyl halides is 1. The third-order valence-corrected chi connectivity index (χ3v) is 3.08. The number of hydrogen-bond donors (Lipinski definition) is 0. The van der Waals surface area contributed by atoms with Crippen molar-refractivity contribution < 1.29 is 8.42 Å². The molecule has 0 radical (unpaired) electrons. The molecule has 0 aromatic carbocycles. The fourth-order valence-corrected chi connectivity index (χ4v) is 2.65. The van der Waals surface area contributed by atoms with Crippen molar-refractivity contribution in [3.63, 3.8) is 0 Å². The largest absolute Gasteiger partial charge is 0.218 e. The SMILES string of the molecule is O=S(=O)(C#CBr)CCBr. The smallest absolute Gasteiger partial charge is 0.215 e. The molecule has 0 saturated heterocycles. The minimum atomic E-state index is -3.14. The van der Waals surface area contributed by atoms with Crippen LogP contribution in [-0.4, -0.2) is 19.5 Å². The van der Waals surface area contributed by atoms with E-state index in [0.29, 0.717) is 5.33 Å². The van der Waals surface area contributed by atoms with E-state index >= 15 is 0 Å². The van der Waals surface area contributed by atoms with Crippen molar-refractivity contribution in [2.75, 3.05) is 11.1 Å². The zero-order valence-electron chi connectivity index (χ0n) is 4.39. The Kier molecular flexibility index (Phi) is 4.54. The van der Waals surface area contributed by atoms with Crippen molar-refractivity contribution in [1.29, 1.82) is 0 Å². The molecule has 0 fully saturated rings. The molecule has 0 amide bonds. The van der Waals surface area contributed by atoms with Gasteiger partial charge in [-0.15, -0.1) is 0 Å². The monoisotopic (exact) mass is 274 g/mol. The van der Waals surface area contributed by atoms with Gasteiger partial charge in [-0.3, -0.25) is 0 Å². The Bertz CT molecular complexity index is 221. The minimum absolute atomic E-state index is 0.0611. The van der Waals surface area contributed by atoms with Crippen molar-refractivity contribution in [1.82, 2.24) is 0 Å². The predicted molar refractivity (Wildman–Crippen MR) is 44.3 cm³/mol. The van der Waals surface area contributed by atoms with Crippen LogP contribution in [0.4, 0.5) is 0 Å². The van der Waals surface area contributed by atoms with Gasteiger partial charge in [0.25, 0.3) is 0 Å². The summed E-state index contributed by atoms with van der Waals surface area (Å²) in [6.45, 7) is 0. The Balaban J connectivity index is 4.17. The van der Waals surface area contributed by atoms with Gasteiger partial charge < -0.3 is 0 Å². The number of hydrogen-bond acceptors (Lipinski definition) is 2. The second-order valence-electron chi connectivity index (χ2n) is 1.20. The minimum Gasteiger partial charge on any atom is -0.215 e. The first-order chi connectivity index (χ1) is 4.12. The molecule has 0 aliphatic heterocycles. The average molecular weight is 276 g/mol. The van der Waals surface area contributed by atoms with Crippen molar-refractivity contribution in [2.45, 2.75) is 0 Å². The quantitative estimate of drug-likeness (QED) is 0.559. The van der Waals surface area contributed by atoms with Crippen molar-refractivity contribution in [3.05, 3.63) is 0 Å². The molecule has 0 aromatic heterocycles. The first-order valence-electron chi connectivity index (χ1n) is 2.03. The van der Waals surface area contributed by atoms with E-state index in [4.69, 9.17) is 0 Å². The molecule has 0 aliphatic carbocycles. The van der Waals surface area contributed by atoms with Gasteiger partial charge in [0.15, 0.2) is 0 Å². The van der Waals surface area contributed by atoms with Gasteiger partial charge in [-0.25, -0.2) is 8.42 Å². The molecule has 52 valence electrons. The van der Waals surface area contributed by atoms with Crippen LogP contribution in [0.1, 0.15) is 0 Å². The fourth-order valence-electron chi connectivity index (χ4n) is 0.211. The molecule has 0 saturated carbocycles. The summed E-state index contributed by atoms with van der Waals surface area (Å²) in [5.74, 6) is 0.0611. The molecule has 0 spiro atoms. The third-order valence-electron chi connectivity index (χ3n) is 0.540. The van der Waals surface area contributed by atoms with Gasteiger partial charge in [0.2, 0.25) is 9.84 Å². The van der Waals surface area contributed by atoms with Crippen LogP contribution >= 0.6 is 31.9 Å². The lowest BCUT2D eigenvalue weighted by atomic mass is 11.0. The molecule has 0 heterocycles. The number of halogens is 2. The summed E-state index contributed by atoms with van der Waals surface area (Å²) in [6, 6.07) is 0. The maximum atomic E-state index is 10.6. The lowest BCUT2D eigenvalue weighted by Crippen LogP contribution is -2.02. The summed E-state index contributed by atoms with van der Waals surface area (Å²) in [4.78, 5) is 2.15. The molecule has 0 aliphatic rings.